The van der Waals surface area contributed by atoms with Crippen LogP contribution in [0.3, 0.4) is 0 Å². The van der Waals surface area contributed by atoms with Gasteiger partial charge in [-0.1, -0.05) is 19.8 Å². The molecule has 1 rings (SSSR count). The van der Waals surface area contributed by atoms with Crippen molar-refractivity contribution in [2.45, 2.75) is 31.8 Å². The molecule has 1 aliphatic rings. The van der Waals surface area contributed by atoms with E-state index in [0.717, 1.165) is 13.0 Å². The Morgan fingerprint density at radius 1 is 1.67 bits per heavy atom. The highest BCUT2D eigenvalue weighted by atomic mass is 16.6. The highest BCUT2D eigenvalue weighted by Gasteiger charge is 2.42. The zero-order valence-electron chi connectivity index (χ0n) is 5.89. The third-order valence-electron chi connectivity index (χ3n) is 1.83. The molecule has 9 heavy (non-hydrogen) atoms. The summed E-state index contributed by atoms with van der Waals surface area (Å²) in [5.41, 5.74) is -0.101. The lowest BCUT2D eigenvalue weighted by Crippen LogP contribution is -2.15. The molecule has 54 valence electrons. The van der Waals surface area contributed by atoms with E-state index >= 15 is 0 Å². The summed E-state index contributed by atoms with van der Waals surface area (Å²) in [4.78, 5) is 0. The first-order chi connectivity index (χ1) is 4.33. The van der Waals surface area contributed by atoms with Gasteiger partial charge >= 0.3 is 0 Å². The molecule has 1 atom stereocenters. The summed E-state index contributed by atoms with van der Waals surface area (Å²) < 4.78 is 5.10. The molecular formula is C7H14O2. The lowest BCUT2D eigenvalue weighted by molar-refractivity contribution is 0.162. The Bertz CT molecular complexity index is 86.9. The van der Waals surface area contributed by atoms with Crippen LogP contribution < -0.4 is 0 Å². The molecule has 0 bridgehead atoms. The van der Waals surface area contributed by atoms with E-state index in [4.69, 9.17) is 9.84 Å². The Labute approximate surface area is 55.8 Å². The van der Waals surface area contributed by atoms with Gasteiger partial charge in [-0.25, -0.2) is 0 Å². The SMILES string of the molecule is CCCC[C@@]1(CO)CO1. The fourth-order valence-electron chi connectivity index (χ4n) is 0.916. The molecule has 2 heteroatoms. The lowest BCUT2D eigenvalue weighted by atomic mass is 10.1. The second-order valence-corrected chi connectivity index (χ2v) is 2.73. The van der Waals surface area contributed by atoms with E-state index in [1.165, 1.54) is 12.8 Å². The Kier molecular flexibility index (Phi) is 2.09. The molecule has 1 N–H and O–H groups in total. The second-order valence-electron chi connectivity index (χ2n) is 2.73. The number of aliphatic hydroxyl groups is 1. The van der Waals surface area contributed by atoms with Crippen molar-refractivity contribution in [2.24, 2.45) is 0 Å². The van der Waals surface area contributed by atoms with E-state index in [1.54, 1.807) is 0 Å². The summed E-state index contributed by atoms with van der Waals surface area (Å²) in [6.45, 7) is 3.12. The fraction of sp³-hybridized carbons (Fsp3) is 1.00. The minimum atomic E-state index is -0.101. The van der Waals surface area contributed by atoms with Crippen LogP contribution in [-0.4, -0.2) is 23.9 Å². The van der Waals surface area contributed by atoms with Crippen LogP contribution in [0, 0.1) is 0 Å². The molecule has 1 saturated heterocycles. The number of hydrogen-bond acceptors (Lipinski definition) is 2. The smallest absolute Gasteiger partial charge is 0.115 e. The van der Waals surface area contributed by atoms with Gasteiger partial charge in [0.1, 0.15) is 5.60 Å². The molecule has 0 unspecified atom stereocenters. The van der Waals surface area contributed by atoms with Gasteiger partial charge in [-0.15, -0.1) is 0 Å². The Morgan fingerprint density at radius 2 is 2.33 bits per heavy atom. The third kappa shape index (κ3) is 1.66. The quantitative estimate of drug-likeness (QED) is 0.574. The summed E-state index contributed by atoms with van der Waals surface area (Å²) in [6.07, 6.45) is 3.38. The van der Waals surface area contributed by atoms with Crippen LogP contribution in [0.2, 0.25) is 0 Å². The van der Waals surface area contributed by atoms with E-state index in [9.17, 15) is 0 Å². The number of epoxide rings is 1. The van der Waals surface area contributed by atoms with Crippen LogP contribution in [0.5, 0.6) is 0 Å². The lowest BCUT2D eigenvalue weighted by Gasteiger charge is -2.04. The molecule has 0 aromatic rings. The summed E-state index contributed by atoms with van der Waals surface area (Å²) in [6, 6.07) is 0. The molecule has 0 radical (unpaired) electrons. The molecule has 0 saturated carbocycles. The molecule has 1 heterocycles. The maximum absolute atomic E-state index is 8.76. The fourth-order valence-corrected chi connectivity index (χ4v) is 0.916. The summed E-state index contributed by atoms with van der Waals surface area (Å²) in [7, 11) is 0. The van der Waals surface area contributed by atoms with Gasteiger partial charge in [-0.05, 0) is 6.42 Å². The molecule has 1 fully saturated rings. The molecule has 0 amide bonds. The van der Waals surface area contributed by atoms with Gasteiger partial charge in [0.25, 0.3) is 0 Å². The van der Waals surface area contributed by atoms with Crippen LogP contribution in [-0.2, 0) is 4.74 Å². The minimum Gasteiger partial charge on any atom is -0.393 e. The number of unbranched alkanes of at least 4 members (excludes halogenated alkanes) is 1. The van der Waals surface area contributed by atoms with Crippen molar-refractivity contribution in [3.05, 3.63) is 0 Å². The average molecular weight is 130 g/mol. The van der Waals surface area contributed by atoms with Gasteiger partial charge in [0.15, 0.2) is 0 Å². The van der Waals surface area contributed by atoms with E-state index in [0.29, 0.717) is 0 Å². The van der Waals surface area contributed by atoms with Crippen LogP contribution in [0.15, 0.2) is 0 Å². The summed E-state index contributed by atoms with van der Waals surface area (Å²) in [5.74, 6) is 0. The minimum absolute atomic E-state index is 0.101. The predicted molar refractivity (Wildman–Crippen MR) is 35.3 cm³/mol. The van der Waals surface area contributed by atoms with E-state index < -0.39 is 0 Å². The van der Waals surface area contributed by atoms with Crippen molar-refractivity contribution in [1.82, 2.24) is 0 Å². The standard InChI is InChI=1S/C7H14O2/c1-2-3-4-7(5-8)6-9-7/h8H,2-6H2,1H3/t7-/m1/s1. The maximum Gasteiger partial charge on any atom is 0.115 e. The van der Waals surface area contributed by atoms with Crippen LogP contribution >= 0.6 is 0 Å². The van der Waals surface area contributed by atoms with Crippen molar-refractivity contribution < 1.29 is 9.84 Å². The largest absolute Gasteiger partial charge is 0.393 e. The van der Waals surface area contributed by atoms with Crippen molar-refractivity contribution in [2.75, 3.05) is 13.2 Å². The summed E-state index contributed by atoms with van der Waals surface area (Å²) >= 11 is 0. The van der Waals surface area contributed by atoms with Gasteiger partial charge in [0.2, 0.25) is 0 Å². The zero-order valence-corrected chi connectivity index (χ0v) is 5.89. The number of hydrogen-bond donors (Lipinski definition) is 1. The van der Waals surface area contributed by atoms with E-state index in [-0.39, 0.29) is 12.2 Å². The first-order valence-electron chi connectivity index (χ1n) is 3.58. The van der Waals surface area contributed by atoms with Crippen molar-refractivity contribution in [3.8, 4) is 0 Å². The maximum atomic E-state index is 8.76. The van der Waals surface area contributed by atoms with Crippen LogP contribution in [0.1, 0.15) is 26.2 Å². The normalized spacial score (nSPS) is 32.7. The van der Waals surface area contributed by atoms with Crippen molar-refractivity contribution in [1.29, 1.82) is 0 Å². The Morgan fingerprint density at radius 3 is 2.67 bits per heavy atom. The Hall–Kier alpha value is -0.0800. The molecule has 0 aromatic carbocycles. The monoisotopic (exact) mass is 130 g/mol. The molecule has 2 nitrogen and oxygen atoms in total. The number of aliphatic hydroxyl groups excluding tert-OH is 1. The van der Waals surface area contributed by atoms with Crippen molar-refractivity contribution >= 4 is 0 Å². The topological polar surface area (TPSA) is 32.8 Å². The first-order valence-corrected chi connectivity index (χ1v) is 3.58. The number of ether oxygens (including phenoxy) is 1. The first kappa shape index (κ1) is 7.03. The molecule has 0 aliphatic carbocycles. The van der Waals surface area contributed by atoms with Crippen LogP contribution in [0.4, 0.5) is 0 Å². The Balaban J connectivity index is 2.10. The van der Waals surface area contributed by atoms with Gasteiger partial charge in [0.05, 0.1) is 13.2 Å². The van der Waals surface area contributed by atoms with Crippen molar-refractivity contribution in [3.63, 3.8) is 0 Å². The van der Waals surface area contributed by atoms with Gasteiger partial charge in [0, 0.05) is 0 Å². The zero-order chi connectivity index (χ0) is 6.74. The molecule has 1 aliphatic heterocycles. The summed E-state index contributed by atoms with van der Waals surface area (Å²) in [5, 5.41) is 8.76. The van der Waals surface area contributed by atoms with Crippen LogP contribution in [0.25, 0.3) is 0 Å². The van der Waals surface area contributed by atoms with E-state index in [1.807, 2.05) is 0 Å². The second kappa shape index (κ2) is 2.67. The molecule has 0 spiro atoms. The highest BCUT2D eigenvalue weighted by molar-refractivity contribution is 4.90. The van der Waals surface area contributed by atoms with Gasteiger partial charge in [-0.3, -0.25) is 0 Å². The van der Waals surface area contributed by atoms with Gasteiger partial charge in [-0.2, -0.15) is 0 Å². The number of rotatable bonds is 4. The molecule has 0 aromatic heterocycles. The van der Waals surface area contributed by atoms with Gasteiger partial charge < -0.3 is 9.84 Å². The highest BCUT2D eigenvalue weighted by Crippen LogP contribution is 2.31. The molecular weight excluding hydrogens is 116 g/mol. The predicted octanol–water partition coefficient (Wildman–Crippen LogP) is 0.938. The third-order valence-corrected chi connectivity index (χ3v) is 1.83. The van der Waals surface area contributed by atoms with E-state index in [2.05, 4.69) is 6.92 Å². The average Bonchev–Trinajstić information content (AvgIpc) is 2.65.